The number of amides is 2. The first-order chi connectivity index (χ1) is 12.5. The van der Waals surface area contributed by atoms with Crippen LogP contribution < -0.4 is 5.32 Å². The van der Waals surface area contributed by atoms with Gasteiger partial charge in [-0.25, -0.2) is 0 Å². The van der Waals surface area contributed by atoms with Crippen LogP contribution in [0.2, 0.25) is 0 Å². The van der Waals surface area contributed by atoms with Crippen LogP contribution in [0.5, 0.6) is 0 Å². The molecule has 26 heavy (non-hydrogen) atoms. The van der Waals surface area contributed by atoms with Gasteiger partial charge in [-0.3, -0.25) is 9.59 Å². The van der Waals surface area contributed by atoms with E-state index in [0.29, 0.717) is 18.7 Å². The first-order valence-electron chi connectivity index (χ1n) is 8.79. The van der Waals surface area contributed by atoms with Crippen molar-refractivity contribution in [1.29, 1.82) is 0 Å². The summed E-state index contributed by atoms with van der Waals surface area (Å²) < 4.78 is 0. The molecular formula is C21H26N2O2S. The number of hydrogen-bond donors (Lipinski definition) is 1. The van der Waals surface area contributed by atoms with E-state index in [1.54, 1.807) is 11.9 Å². The number of carbonyl (C=O) groups excluding carboxylic acids is 2. The van der Waals surface area contributed by atoms with Crippen molar-refractivity contribution < 1.29 is 9.59 Å². The Kier molecular flexibility index (Phi) is 7.73. The van der Waals surface area contributed by atoms with Gasteiger partial charge in [0.25, 0.3) is 0 Å². The largest absolute Gasteiger partial charge is 0.357 e. The second-order valence-electron chi connectivity index (χ2n) is 6.15. The minimum absolute atomic E-state index is 0.0325. The molecule has 0 aliphatic rings. The SMILES string of the molecule is CC[C@@H](C(=O)NC)N(Cc1ccc(C)cc1)C(=O)CSc1ccccc1. The topological polar surface area (TPSA) is 49.4 Å². The Morgan fingerprint density at radius 2 is 1.73 bits per heavy atom. The van der Waals surface area contributed by atoms with Gasteiger partial charge >= 0.3 is 0 Å². The fraction of sp³-hybridized carbons (Fsp3) is 0.333. The molecule has 2 rings (SSSR count). The molecule has 138 valence electrons. The summed E-state index contributed by atoms with van der Waals surface area (Å²) in [6.07, 6.45) is 0.577. The van der Waals surface area contributed by atoms with Crippen LogP contribution in [-0.4, -0.2) is 35.6 Å². The molecule has 0 radical (unpaired) electrons. The zero-order valence-electron chi connectivity index (χ0n) is 15.6. The van der Waals surface area contributed by atoms with Crippen molar-refractivity contribution in [1.82, 2.24) is 10.2 Å². The molecule has 0 spiro atoms. The minimum Gasteiger partial charge on any atom is -0.357 e. The number of hydrogen-bond acceptors (Lipinski definition) is 3. The van der Waals surface area contributed by atoms with E-state index in [4.69, 9.17) is 0 Å². The summed E-state index contributed by atoms with van der Waals surface area (Å²) in [7, 11) is 1.61. The Morgan fingerprint density at radius 3 is 2.31 bits per heavy atom. The molecule has 1 atom stereocenters. The van der Waals surface area contributed by atoms with Crippen LogP contribution in [0.4, 0.5) is 0 Å². The van der Waals surface area contributed by atoms with Crippen molar-refractivity contribution in [2.45, 2.75) is 37.8 Å². The summed E-state index contributed by atoms with van der Waals surface area (Å²) in [6, 6.07) is 17.4. The number of rotatable bonds is 8. The summed E-state index contributed by atoms with van der Waals surface area (Å²) >= 11 is 1.49. The zero-order valence-corrected chi connectivity index (χ0v) is 16.4. The van der Waals surface area contributed by atoms with E-state index < -0.39 is 6.04 Å². The number of benzene rings is 2. The highest BCUT2D eigenvalue weighted by Gasteiger charge is 2.27. The maximum atomic E-state index is 12.9. The smallest absolute Gasteiger partial charge is 0.242 e. The lowest BCUT2D eigenvalue weighted by atomic mass is 10.1. The highest BCUT2D eigenvalue weighted by molar-refractivity contribution is 8.00. The second-order valence-corrected chi connectivity index (χ2v) is 7.20. The van der Waals surface area contributed by atoms with E-state index in [-0.39, 0.29) is 11.8 Å². The molecule has 0 heterocycles. The van der Waals surface area contributed by atoms with Crippen molar-refractivity contribution in [3.8, 4) is 0 Å². The van der Waals surface area contributed by atoms with Crippen molar-refractivity contribution in [2.75, 3.05) is 12.8 Å². The van der Waals surface area contributed by atoms with Crippen molar-refractivity contribution >= 4 is 23.6 Å². The average Bonchev–Trinajstić information content (AvgIpc) is 2.68. The summed E-state index contributed by atoms with van der Waals surface area (Å²) in [5.74, 6) is 0.149. The number of likely N-dealkylation sites (N-methyl/N-ethyl adjacent to an activating group) is 1. The van der Waals surface area contributed by atoms with E-state index in [2.05, 4.69) is 5.32 Å². The first kappa shape index (κ1) is 20.0. The highest BCUT2D eigenvalue weighted by Crippen LogP contribution is 2.20. The molecule has 1 N–H and O–H groups in total. The molecule has 2 aromatic rings. The van der Waals surface area contributed by atoms with Gasteiger partial charge in [0.15, 0.2) is 0 Å². The minimum atomic E-state index is -0.467. The van der Waals surface area contributed by atoms with Gasteiger partial charge in [-0.05, 0) is 31.0 Å². The summed E-state index contributed by atoms with van der Waals surface area (Å²) in [4.78, 5) is 28.0. The van der Waals surface area contributed by atoms with Crippen LogP contribution in [0.3, 0.4) is 0 Å². The molecule has 2 aromatic carbocycles. The maximum Gasteiger partial charge on any atom is 0.242 e. The van der Waals surface area contributed by atoms with E-state index in [0.717, 1.165) is 10.5 Å². The van der Waals surface area contributed by atoms with Gasteiger partial charge in [0.1, 0.15) is 6.04 Å². The Morgan fingerprint density at radius 1 is 1.08 bits per heavy atom. The van der Waals surface area contributed by atoms with Gasteiger partial charge < -0.3 is 10.2 Å². The van der Waals surface area contributed by atoms with Gasteiger partial charge in [-0.1, -0.05) is 55.0 Å². The number of carbonyl (C=O) groups is 2. The van der Waals surface area contributed by atoms with Gasteiger partial charge in [0.2, 0.25) is 11.8 Å². The molecule has 5 heteroatoms. The molecule has 0 bridgehead atoms. The molecule has 4 nitrogen and oxygen atoms in total. The molecule has 0 saturated carbocycles. The van der Waals surface area contributed by atoms with Crippen LogP contribution in [0.1, 0.15) is 24.5 Å². The van der Waals surface area contributed by atoms with E-state index in [1.807, 2.05) is 68.4 Å². The predicted molar refractivity (Wildman–Crippen MR) is 107 cm³/mol. The fourth-order valence-electron chi connectivity index (χ4n) is 2.72. The molecule has 0 aromatic heterocycles. The quantitative estimate of drug-likeness (QED) is 0.722. The third-order valence-electron chi connectivity index (χ3n) is 4.21. The molecule has 0 saturated heterocycles. The standard InChI is InChI=1S/C21H26N2O2S/c1-4-19(21(25)22-3)23(14-17-12-10-16(2)11-13-17)20(24)15-26-18-8-6-5-7-9-18/h5-13,19H,4,14-15H2,1-3H3,(H,22,25)/t19-/m0/s1. The maximum absolute atomic E-state index is 12.9. The van der Waals surface area contributed by atoms with Crippen LogP contribution >= 0.6 is 11.8 Å². The van der Waals surface area contributed by atoms with Crippen molar-refractivity contribution in [3.63, 3.8) is 0 Å². The average molecular weight is 371 g/mol. The van der Waals surface area contributed by atoms with E-state index in [9.17, 15) is 9.59 Å². The van der Waals surface area contributed by atoms with Gasteiger partial charge in [0, 0.05) is 18.5 Å². The van der Waals surface area contributed by atoms with E-state index >= 15 is 0 Å². The number of nitrogens with one attached hydrogen (secondary N) is 1. The van der Waals surface area contributed by atoms with Crippen LogP contribution in [0.15, 0.2) is 59.5 Å². The van der Waals surface area contributed by atoms with Gasteiger partial charge in [-0.2, -0.15) is 0 Å². The van der Waals surface area contributed by atoms with Crippen molar-refractivity contribution in [2.24, 2.45) is 0 Å². The predicted octanol–water partition coefficient (Wildman–Crippen LogP) is 3.64. The summed E-state index contributed by atoms with van der Waals surface area (Å²) in [5, 5.41) is 2.68. The number of thioether (sulfide) groups is 1. The Balaban J connectivity index is 2.16. The molecule has 0 aliphatic heterocycles. The third kappa shape index (κ3) is 5.63. The number of nitrogens with zero attached hydrogens (tertiary/aromatic N) is 1. The van der Waals surface area contributed by atoms with Crippen LogP contribution in [0.25, 0.3) is 0 Å². The molecule has 0 unspecified atom stereocenters. The molecule has 0 fully saturated rings. The zero-order chi connectivity index (χ0) is 18.9. The molecule has 2 amide bonds. The number of aryl methyl sites for hydroxylation is 1. The Hall–Kier alpha value is -2.27. The normalized spacial score (nSPS) is 11.7. The lowest BCUT2D eigenvalue weighted by Crippen LogP contribution is -2.48. The van der Waals surface area contributed by atoms with Crippen molar-refractivity contribution in [3.05, 3.63) is 65.7 Å². The molecule has 0 aliphatic carbocycles. The monoisotopic (exact) mass is 370 g/mol. The summed E-state index contributed by atoms with van der Waals surface area (Å²) in [5.41, 5.74) is 2.20. The second kappa shape index (κ2) is 10.0. The molecular weight excluding hydrogens is 344 g/mol. The first-order valence-corrected chi connectivity index (χ1v) is 9.78. The van der Waals surface area contributed by atoms with Gasteiger partial charge in [-0.15, -0.1) is 11.8 Å². The highest BCUT2D eigenvalue weighted by atomic mass is 32.2. The lowest BCUT2D eigenvalue weighted by Gasteiger charge is -2.30. The van der Waals surface area contributed by atoms with Gasteiger partial charge in [0.05, 0.1) is 5.75 Å². The Bertz CT molecular complexity index is 717. The Labute approximate surface area is 160 Å². The van der Waals surface area contributed by atoms with E-state index in [1.165, 1.54) is 17.3 Å². The van der Waals surface area contributed by atoms with Crippen LogP contribution in [-0.2, 0) is 16.1 Å². The summed E-state index contributed by atoms with van der Waals surface area (Å²) in [6.45, 7) is 4.39. The lowest BCUT2D eigenvalue weighted by molar-refractivity contribution is -0.139. The third-order valence-corrected chi connectivity index (χ3v) is 5.21. The fourth-order valence-corrected chi connectivity index (χ4v) is 3.53. The van der Waals surface area contributed by atoms with Crippen LogP contribution in [0, 0.1) is 6.92 Å².